The zero-order valence-electron chi connectivity index (χ0n) is 11.3. The van der Waals surface area contributed by atoms with Crippen LogP contribution in [0.25, 0.3) is 0 Å². The maximum absolute atomic E-state index is 12.2. The highest BCUT2D eigenvalue weighted by Gasteiger charge is 2.31. The van der Waals surface area contributed by atoms with Crippen LogP contribution in [0, 0.1) is 5.92 Å². The summed E-state index contributed by atoms with van der Waals surface area (Å²) < 4.78 is 10.6. The van der Waals surface area contributed by atoms with Crippen LogP contribution in [0.4, 0.5) is 0 Å². The number of hydrogen-bond acceptors (Lipinski definition) is 3. The van der Waals surface area contributed by atoms with Crippen molar-refractivity contribution in [3.8, 4) is 5.75 Å². The first-order chi connectivity index (χ1) is 9.13. The molecular formula is C15H19ClO3. The maximum atomic E-state index is 12.2. The number of ketones is 1. The van der Waals surface area contributed by atoms with Gasteiger partial charge in [-0.3, -0.25) is 4.79 Å². The molecule has 0 unspecified atom stereocenters. The van der Waals surface area contributed by atoms with Crippen LogP contribution in [0.5, 0.6) is 5.75 Å². The lowest BCUT2D eigenvalue weighted by atomic mass is 9.78. The van der Waals surface area contributed by atoms with Crippen LogP contribution in [0.3, 0.4) is 0 Å². The Balaban J connectivity index is 1.90. The van der Waals surface area contributed by atoms with Crippen molar-refractivity contribution in [2.24, 2.45) is 5.92 Å². The summed E-state index contributed by atoms with van der Waals surface area (Å²) in [7, 11) is 1.58. The van der Waals surface area contributed by atoms with Crippen molar-refractivity contribution in [3.05, 3.63) is 28.8 Å². The van der Waals surface area contributed by atoms with Crippen molar-refractivity contribution in [2.45, 2.75) is 32.3 Å². The number of benzene rings is 1. The Labute approximate surface area is 118 Å². The van der Waals surface area contributed by atoms with E-state index in [0.29, 0.717) is 34.8 Å². The fourth-order valence-corrected chi connectivity index (χ4v) is 2.71. The van der Waals surface area contributed by atoms with E-state index < -0.39 is 0 Å². The number of ether oxygens (including phenoxy) is 2. The molecule has 0 radical (unpaired) electrons. The molecule has 0 aromatic heterocycles. The zero-order chi connectivity index (χ0) is 13.8. The summed E-state index contributed by atoms with van der Waals surface area (Å²) >= 11 is 6.10. The van der Waals surface area contributed by atoms with Gasteiger partial charge in [0.05, 0.1) is 18.2 Å². The first-order valence-electron chi connectivity index (χ1n) is 6.62. The number of Topliss-reactive ketones (excluding diaryl/α,β-unsaturated/α-hetero) is 1. The van der Waals surface area contributed by atoms with E-state index in [1.54, 1.807) is 25.3 Å². The Bertz CT molecular complexity index is 453. The molecule has 0 saturated heterocycles. The number of rotatable bonds is 6. The summed E-state index contributed by atoms with van der Waals surface area (Å²) in [6.07, 6.45) is 2.85. The minimum atomic E-state index is 0.104. The lowest BCUT2D eigenvalue weighted by molar-refractivity contribution is -0.0246. The molecule has 104 valence electrons. The van der Waals surface area contributed by atoms with E-state index >= 15 is 0 Å². The van der Waals surface area contributed by atoms with Crippen molar-refractivity contribution in [3.63, 3.8) is 0 Å². The van der Waals surface area contributed by atoms with Crippen LogP contribution in [-0.4, -0.2) is 25.6 Å². The Hall–Kier alpha value is -1.06. The Morgan fingerprint density at radius 3 is 2.74 bits per heavy atom. The smallest absolute Gasteiger partial charge is 0.164 e. The minimum absolute atomic E-state index is 0.104. The second kappa shape index (κ2) is 6.40. The average Bonchev–Trinajstić information content (AvgIpc) is 2.35. The molecule has 1 aliphatic carbocycles. The van der Waals surface area contributed by atoms with Gasteiger partial charge in [0.2, 0.25) is 0 Å². The molecule has 0 bridgehead atoms. The van der Waals surface area contributed by atoms with Gasteiger partial charge < -0.3 is 9.47 Å². The summed E-state index contributed by atoms with van der Waals surface area (Å²) in [6.45, 7) is 2.74. The molecule has 1 aromatic rings. The summed E-state index contributed by atoms with van der Waals surface area (Å²) in [5.74, 6) is 1.21. The van der Waals surface area contributed by atoms with E-state index in [0.717, 1.165) is 19.4 Å². The van der Waals surface area contributed by atoms with Gasteiger partial charge in [0.15, 0.2) is 5.78 Å². The Kier molecular flexibility index (Phi) is 4.83. The molecule has 2 rings (SSSR count). The van der Waals surface area contributed by atoms with E-state index in [9.17, 15) is 4.79 Å². The van der Waals surface area contributed by atoms with Crippen molar-refractivity contribution in [1.29, 1.82) is 0 Å². The standard InChI is InChI=1S/C15H19ClO3/c1-3-19-12-6-10(7-12)8-15(17)13-5-4-11(18-2)9-14(13)16/h4-5,9-10,12H,3,6-8H2,1-2H3. The summed E-state index contributed by atoms with van der Waals surface area (Å²) in [5, 5.41) is 0.463. The molecule has 0 amide bonds. The summed E-state index contributed by atoms with van der Waals surface area (Å²) in [6, 6.07) is 5.18. The SMILES string of the molecule is CCOC1CC(CC(=O)c2ccc(OC)cc2Cl)C1. The third-order valence-electron chi connectivity index (χ3n) is 3.55. The molecule has 0 N–H and O–H groups in total. The molecule has 0 atom stereocenters. The largest absolute Gasteiger partial charge is 0.497 e. The van der Waals surface area contributed by atoms with E-state index in [1.807, 2.05) is 6.92 Å². The molecule has 1 aliphatic rings. The molecular weight excluding hydrogens is 264 g/mol. The van der Waals surface area contributed by atoms with E-state index in [-0.39, 0.29) is 5.78 Å². The molecule has 0 aliphatic heterocycles. The molecule has 4 heteroatoms. The van der Waals surface area contributed by atoms with Crippen molar-refractivity contribution in [2.75, 3.05) is 13.7 Å². The highest BCUT2D eigenvalue weighted by Crippen LogP contribution is 2.34. The van der Waals surface area contributed by atoms with Gasteiger partial charge in [0, 0.05) is 18.6 Å². The third kappa shape index (κ3) is 3.48. The first-order valence-corrected chi connectivity index (χ1v) is 7.00. The summed E-state index contributed by atoms with van der Waals surface area (Å²) in [4.78, 5) is 12.2. The Morgan fingerprint density at radius 1 is 1.42 bits per heavy atom. The predicted molar refractivity (Wildman–Crippen MR) is 75.1 cm³/mol. The van der Waals surface area contributed by atoms with Crippen molar-refractivity contribution in [1.82, 2.24) is 0 Å². The van der Waals surface area contributed by atoms with Gasteiger partial charge in [0.25, 0.3) is 0 Å². The number of carbonyl (C=O) groups excluding carboxylic acids is 1. The van der Waals surface area contributed by atoms with Crippen LogP contribution < -0.4 is 4.74 Å². The molecule has 19 heavy (non-hydrogen) atoms. The fourth-order valence-electron chi connectivity index (χ4n) is 2.43. The second-order valence-corrected chi connectivity index (χ2v) is 5.30. The lowest BCUT2D eigenvalue weighted by Crippen LogP contribution is -2.32. The van der Waals surface area contributed by atoms with Gasteiger partial charge >= 0.3 is 0 Å². The molecule has 3 nitrogen and oxygen atoms in total. The van der Waals surface area contributed by atoms with Crippen molar-refractivity contribution >= 4 is 17.4 Å². The molecule has 1 aromatic carbocycles. The third-order valence-corrected chi connectivity index (χ3v) is 3.86. The predicted octanol–water partition coefficient (Wildman–Crippen LogP) is 3.74. The fraction of sp³-hybridized carbons (Fsp3) is 0.533. The number of carbonyl (C=O) groups is 1. The number of methoxy groups -OCH3 is 1. The number of halogens is 1. The van der Waals surface area contributed by atoms with Crippen LogP contribution in [0.15, 0.2) is 18.2 Å². The lowest BCUT2D eigenvalue weighted by Gasteiger charge is -2.34. The topological polar surface area (TPSA) is 35.5 Å². The normalized spacial score (nSPS) is 21.8. The van der Waals surface area contributed by atoms with Crippen molar-refractivity contribution < 1.29 is 14.3 Å². The molecule has 0 spiro atoms. The van der Waals surface area contributed by atoms with E-state index in [4.69, 9.17) is 21.1 Å². The molecule has 1 fully saturated rings. The van der Waals surface area contributed by atoms with Crippen LogP contribution in [0.1, 0.15) is 36.5 Å². The quantitative estimate of drug-likeness (QED) is 0.746. The zero-order valence-corrected chi connectivity index (χ0v) is 12.1. The van der Waals surface area contributed by atoms with Gasteiger partial charge in [-0.05, 0) is 43.9 Å². The van der Waals surface area contributed by atoms with E-state index in [1.165, 1.54) is 0 Å². The van der Waals surface area contributed by atoms with Crippen LogP contribution in [-0.2, 0) is 4.74 Å². The average molecular weight is 283 g/mol. The Morgan fingerprint density at radius 2 is 2.16 bits per heavy atom. The first kappa shape index (κ1) is 14.4. The maximum Gasteiger partial charge on any atom is 0.164 e. The van der Waals surface area contributed by atoms with Gasteiger partial charge in [-0.25, -0.2) is 0 Å². The molecule has 1 saturated carbocycles. The van der Waals surface area contributed by atoms with Gasteiger partial charge in [0.1, 0.15) is 5.75 Å². The van der Waals surface area contributed by atoms with Crippen LogP contribution >= 0.6 is 11.6 Å². The monoisotopic (exact) mass is 282 g/mol. The minimum Gasteiger partial charge on any atom is -0.497 e. The highest BCUT2D eigenvalue weighted by molar-refractivity contribution is 6.34. The molecule has 0 heterocycles. The number of hydrogen-bond donors (Lipinski definition) is 0. The van der Waals surface area contributed by atoms with Gasteiger partial charge in [-0.2, -0.15) is 0 Å². The van der Waals surface area contributed by atoms with Gasteiger partial charge in [-0.15, -0.1) is 0 Å². The summed E-state index contributed by atoms with van der Waals surface area (Å²) in [5.41, 5.74) is 0.585. The van der Waals surface area contributed by atoms with Crippen LogP contribution in [0.2, 0.25) is 5.02 Å². The van der Waals surface area contributed by atoms with Gasteiger partial charge in [-0.1, -0.05) is 11.6 Å². The second-order valence-electron chi connectivity index (χ2n) is 4.89. The van der Waals surface area contributed by atoms with E-state index in [2.05, 4.69) is 0 Å². The highest BCUT2D eigenvalue weighted by atomic mass is 35.5.